The van der Waals surface area contributed by atoms with E-state index in [0.717, 1.165) is 22.4 Å². The van der Waals surface area contributed by atoms with Crippen molar-refractivity contribution in [3.63, 3.8) is 0 Å². The quantitative estimate of drug-likeness (QED) is 0.730. The zero-order chi connectivity index (χ0) is 18.5. The molecule has 0 saturated carbocycles. The molecule has 2 aromatic heterocycles. The van der Waals surface area contributed by atoms with Gasteiger partial charge in [-0.25, -0.2) is 14.4 Å². The van der Waals surface area contributed by atoms with Gasteiger partial charge in [0.15, 0.2) is 5.82 Å². The summed E-state index contributed by atoms with van der Waals surface area (Å²) in [6.45, 7) is 4.57. The molecule has 134 valence electrons. The lowest BCUT2D eigenvalue weighted by atomic mass is 10.1. The fourth-order valence-corrected chi connectivity index (χ4v) is 2.78. The zero-order valence-corrected chi connectivity index (χ0v) is 15.0. The summed E-state index contributed by atoms with van der Waals surface area (Å²) in [6.07, 6.45) is 5.29. The van der Waals surface area contributed by atoms with E-state index in [9.17, 15) is 4.39 Å². The molecular formula is C20H21FN4O. The van der Waals surface area contributed by atoms with E-state index >= 15 is 0 Å². The molecule has 1 aromatic carbocycles. The minimum Gasteiger partial charge on any atom is -0.496 e. The van der Waals surface area contributed by atoms with Crippen LogP contribution in [0.5, 0.6) is 5.75 Å². The highest BCUT2D eigenvalue weighted by Crippen LogP contribution is 2.22. The second-order valence-corrected chi connectivity index (χ2v) is 6.03. The van der Waals surface area contributed by atoms with Gasteiger partial charge in [-0.15, -0.1) is 0 Å². The van der Waals surface area contributed by atoms with Crippen LogP contribution in [0, 0.1) is 12.7 Å². The van der Waals surface area contributed by atoms with Gasteiger partial charge in [-0.05, 0) is 32.0 Å². The van der Waals surface area contributed by atoms with Crippen LogP contribution in [0.2, 0.25) is 0 Å². The molecule has 2 heterocycles. The molecule has 0 bridgehead atoms. The van der Waals surface area contributed by atoms with Crippen molar-refractivity contribution < 1.29 is 9.13 Å². The molecule has 0 aliphatic heterocycles. The molecule has 6 heteroatoms. The SMILES string of the molecule is COc1cc(F)ccc1CNC(C)c1cnc(-c2ccncc2)nc1C. The molecule has 0 radical (unpaired) electrons. The Morgan fingerprint density at radius 2 is 1.96 bits per heavy atom. The number of aromatic nitrogens is 3. The molecule has 5 nitrogen and oxygen atoms in total. The Kier molecular flexibility index (Phi) is 5.53. The maximum absolute atomic E-state index is 13.3. The number of hydrogen-bond acceptors (Lipinski definition) is 5. The van der Waals surface area contributed by atoms with Crippen LogP contribution in [-0.4, -0.2) is 22.1 Å². The summed E-state index contributed by atoms with van der Waals surface area (Å²) in [5, 5.41) is 3.42. The molecule has 0 spiro atoms. The maximum atomic E-state index is 13.3. The fourth-order valence-electron chi connectivity index (χ4n) is 2.78. The number of nitrogens with zero attached hydrogens (tertiary/aromatic N) is 3. The lowest BCUT2D eigenvalue weighted by Gasteiger charge is -2.17. The Morgan fingerprint density at radius 3 is 2.65 bits per heavy atom. The van der Waals surface area contributed by atoms with Gasteiger partial charge in [0.1, 0.15) is 11.6 Å². The van der Waals surface area contributed by atoms with Gasteiger partial charge in [0.25, 0.3) is 0 Å². The van der Waals surface area contributed by atoms with E-state index in [2.05, 4.69) is 20.3 Å². The second-order valence-electron chi connectivity index (χ2n) is 6.03. The predicted molar refractivity (Wildman–Crippen MR) is 98.2 cm³/mol. The fraction of sp³-hybridized carbons (Fsp3) is 0.250. The van der Waals surface area contributed by atoms with Crippen LogP contribution in [0.15, 0.2) is 48.9 Å². The third kappa shape index (κ3) is 4.03. The van der Waals surface area contributed by atoms with Crippen LogP contribution in [0.4, 0.5) is 4.39 Å². The van der Waals surface area contributed by atoms with Crippen LogP contribution < -0.4 is 10.1 Å². The molecule has 0 fully saturated rings. The first kappa shape index (κ1) is 17.9. The third-order valence-corrected chi connectivity index (χ3v) is 4.27. The van der Waals surface area contributed by atoms with Gasteiger partial charge >= 0.3 is 0 Å². The third-order valence-electron chi connectivity index (χ3n) is 4.27. The largest absolute Gasteiger partial charge is 0.496 e. The summed E-state index contributed by atoms with van der Waals surface area (Å²) in [6, 6.07) is 8.36. The molecular weight excluding hydrogens is 331 g/mol. The number of methoxy groups -OCH3 is 1. The molecule has 0 saturated heterocycles. The van der Waals surface area contributed by atoms with Crippen LogP contribution in [0.1, 0.15) is 29.8 Å². The van der Waals surface area contributed by atoms with Crippen molar-refractivity contribution in [3.8, 4) is 17.1 Å². The van der Waals surface area contributed by atoms with Crippen molar-refractivity contribution in [2.75, 3.05) is 7.11 Å². The molecule has 0 amide bonds. The topological polar surface area (TPSA) is 59.9 Å². The van der Waals surface area contributed by atoms with Crippen molar-refractivity contribution in [1.82, 2.24) is 20.3 Å². The summed E-state index contributed by atoms with van der Waals surface area (Å²) >= 11 is 0. The lowest BCUT2D eigenvalue weighted by Crippen LogP contribution is -2.20. The maximum Gasteiger partial charge on any atom is 0.159 e. The van der Waals surface area contributed by atoms with Gasteiger partial charge in [0.2, 0.25) is 0 Å². The first-order chi connectivity index (χ1) is 12.6. The highest BCUT2D eigenvalue weighted by Gasteiger charge is 2.13. The Labute approximate surface area is 152 Å². The molecule has 0 aliphatic rings. The van der Waals surface area contributed by atoms with E-state index in [1.54, 1.807) is 18.5 Å². The van der Waals surface area contributed by atoms with E-state index in [1.807, 2.05) is 32.2 Å². The van der Waals surface area contributed by atoms with Gasteiger partial charge in [0, 0.05) is 59.6 Å². The number of aryl methyl sites for hydroxylation is 1. The molecule has 26 heavy (non-hydrogen) atoms. The summed E-state index contributed by atoms with van der Waals surface area (Å²) in [5.41, 5.74) is 3.76. The highest BCUT2D eigenvalue weighted by atomic mass is 19.1. The number of benzene rings is 1. The average Bonchev–Trinajstić information content (AvgIpc) is 2.67. The van der Waals surface area contributed by atoms with Gasteiger partial charge in [0.05, 0.1) is 7.11 Å². The number of pyridine rings is 1. The first-order valence-corrected chi connectivity index (χ1v) is 8.38. The minimum absolute atomic E-state index is 0.0382. The van der Waals surface area contributed by atoms with Crippen molar-refractivity contribution in [1.29, 1.82) is 0 Å². The molecule has 3 aromatic rings. The molecule has 0 aliphatic carbocycles. The van der Waals surface area contributed by atoms with Crippen molar-refractivity contribution in [2.24, 2.45) is 0 Å². The van der Waals surface area contributed by atoms with Gasteiger partial charge in [-0.1, -0.05) is 6.07 Å². The van der Waals surface area contributed by atoms with Gasteiger partial charge < -0.3 is 10.1 Å². The summed E-state index contributed by atoms with van der Waals surface area (Å²) < 4.78 is 18.6. The van der Waals surface area contributed by atoms with E-state index in [0.29, 0.717) is 18.1 Å². The first-order valence-electron chi connectivity index (χ1n) is 8.38. The number of rotatable bonds is 6. The molecule has 3 rings (SSSR count). The molecule has 1 unspecified atom stereocenters. The average molecular weight is 352 g/mol. The monoisotopic (exact) mass is 352 g/mol. The summed E-state index contributed by atoms with van der Waals surface area (Å²) in [4.78, 5) is 13.1. The second kappa shape index (κ2) is 8.01. The number of ether oxygens (including phenoxy) is 1. The van der Waals surface area contributed by atoms with E-state index < -0.39 is 0 Å². The van der Waals surface area contributed by atoms with Gasteiger partial charge in [-0.3, -0.25) is 4.98 Å². The summed E-state index contributed by atoms with van der Waals surface area (Å²) in [7, 11) is 1.54. The normalized spacial score (nSPS) is 12.0. The van der Waals surface area contributed by atoms with E-state index in [-0.39, 0.29) is 11.9 Å². The van der Waals surface area contributed by atoms with Crippen LogP contribution >= 0.6 is 0 Å². The number of nitrogens with one attached hydrogen (secondary N) is 1. The Balaban J connectivity index is 1.73. The molecule has 1 N–H and O–H groups in total. The van der Waals surface area contributed by atoms with Crippen molar-refractivity contribution in [3.05, 3.63) is 71.6 Å². The van der Waals surface area contributed by atoms with Crippen LogP contribution in [-0.2, 0) is 6.54 Å². The minimum atomic E-state index is -0.311. The van der Waals surface area contributed by atoms with Crippen molar-refractivity contribution in [2.45, 2.75) is 26.4 Å². The number of hydrogen-bond donors (Lipinski definition) is 1. The Hall–Kier alpha value is -2.86. The summed E-state index contributed by atoms with van der Waals surface area (Å²) in [5.74, 6) is 0.904. The Morgan fingerprint density at radius 1 is 1.19 bits per heavy atom. The smallest absolute Gasteiger partial charge is 0.159 e. The highest BCUT2D eigenvalue weighted by molar-refractivity contribution is 5.53. The van der Waals surface area contributed by atoms with Crippen molar-refractivity contribution >= 4 is 0 Å². The van der Waals surface area contributed by atoms with Crippen LogP contribution in [0.3, 0.4) is 0 Å². The van der Waals surface area contributed by atoms with Crippen LogP contribution in [0.25, 0.3) is 11.4 Å². The standard InChI is InChI=1S/C20H21FN4O/c1-13(23-11-16-4-5-17(21)10-19(16)26-3)18-12-24-20(25-14(18)2)15-6-8-22-9-7-15/h4-10,12-13,23H,11H2,1-3H3. The van der Waals surface area contributed by atoms with Gasteiger partial charge in [-0.2, -0.15) is 0 Å². The predicted octanol–water partition coefficient (Wildman–Crippen LogP) is 3.85. The molecule has 1 atom stereocenters. The zero-order valence-electron chi connectivity index (χ0n) is 15.0. The van der Waals surface area contributed by atoms with E-state index in [1.165, 1.54) is 19.2 Å². The number of halogens is 1. The lowest BCUT2D eigenvalue weighted by molar-refractivity contribution is 0.402. The van der Waals surface area contributed by atoms with E-state index in [4.69, 9.17) is 4.74 Å². The Bertz CT molecular complexity index is 886.